The molecule has 0 radical (unpaired) electrons. The van der Waals surface area contributed by atoms with E-state index >= 15 is 0 Å². The molecular weight excluding hydrogens is 296 g/mol. The summed E-state index contributed by atoms with van der Waals surface area (Å²) in [5, 5.41) is 3.54. The van der Waals surface area contributed by atoms with Gasteiger partial charge in [0.2, 0.25) is 0 Å². The summed E-state index contributed by atoms with van der Waals surface area (Å²) in [6.07, 6.45) is 3.45. The van der Waals surface area contributed by atoms with Crippen LogP contribution in [0.25, 0.3) is 0 Å². The Labute approximate surface area is 139 Å². The van der Waals surface area contributed by atoms with Crippen molar-refractivity contribution in [2.75, 3.05) is 25.6 Å². The molecule has 1 unspecified atom stereocenters. The molecule has 0 saturated heterocycles. The smallest absolute Gasteiger partial charge is 0.0300 e. The first-order valence-corrected chi connectivity index (χ1v) is 10.1. The van der Waals surface area contributed by atoms with Crippen molar-refractivity contribution in [3.63, 3.8) is 0 Å². The van der Waals surface area contributed by atoms with Crippen molar-refractivity contribution in [2.45, 2.75) is 53.2 Å². The van der Waals surface area contributed by atoms with Gasteiger partial charge >= 0.3 is 0 Å². The molecule has 1 heterocycles. The summed E-state index contributed by atoms with van der Waals surface area (Å²) in [4.78, 5) is 5.42. The molecule has 0 amide bonds. The van der Waals surface area contributed by atoms with Gasteiger partial charge in [0.05, 0.1) is 0 Å². The van der Waals surface area contributed by atoms with Crippen LogP contribution in [0.15, 0.2) is 6.07 Å². The normalized spacial score (nSPS) is 13.3. The predicted molar refractivity (Wildman–Crippen MR) is 99.5 cm³/mol. The average Bonchev–Trinajstić information content (AvgIpc) is 2.75. The standard InChI is InChI=1S/C17H32N2S2/c1-13(2)10-18-11-17-9-16(15(4)21-17)12-19(5)14(3)7-8-20-6/h9,13-14,18H,7-8,10-12H2,1-6H3. The molecule has 0 bridgehead atoms. The molecule has 0 spiro atoms. The third-order valence-corrected chi connectivity index (χ3v) is 5.57. The lowest BCUT2D eigenvalue weighted by Crippen LogP contribution is -2.29. The lowest BCUT2D eigenvalue weighted by molar-refractivity contribution is 0.245. The molecule has 21 heavy (non-hydrogen) atoms. The summed E-state index contributed by atoms with van der Waals surface area (Å²) in [6, 6.07) is 3.05. The Kier molecular flexibility index (Phi) is 8.95. The summed E-state index contributed by atoms with van der Waals surface area (Å²) in [7, 11) is 2.25. The minimum Gasteiger partial charge on any atom is -0.312 e. The summed E-state index contributed by atoms with van der Waals surface area (Å²) in [6.45, 7) is 12.3. The zero-order valence-corrected chi connectivity index (χ0v) is 16.2. The van der Waals surface area contributed by atoms with Crippen molar-refractivity contribution in [3.8, 4) is 0 Å². The summed E-state index contributed by atoms with van der Waals surface area (Å²) in [5.74, 6) is 1.97. The number of hydrogen-bond acceptors (Lipinski definition) is 4. The highest BCUT2D eigenvalue weighted by Crippen LogP contribution is 2.23. The van der Waals surface area contributed by atoms with Gasteiger partial charge in [-0.2, -0.15) is 11.8 Å². The molecule has 122 valence electrons. The molecular formula is C17H32N2S2. The lowest BCUT2D eigenvalue weighted by Gasteiger charge is -2.24. The summed E-state index contributed by atoms with van der Waals surface area (Å²) >= 11 is 3.88. The van der Waals surface area contributed by atoms with Gasteiger partial charge in [-0.3, -0.25) is 4.90 Å². The van der Waals surface area contributed by atoms with Gasteiger partial charge in [-0.25, -0.2) is 0 Å². The van der Waals surface area contributed by atoms with Gasteiger partial charge in [0.1, 0.15) is 0 Å². The van der Waals surface area contributed by atoms with Crippen LogP contribution in [0.2, 0.25) is 0 Å². The van der Waals surface area contributed by atoms with E-state index in [1.165, 1.54) is 27.5 Å². The van der Waals surface area contributed by atoms with Gasteiger partial charge in [-0.1, -0.05) is 13.8 Å². The number of thiophene rings is 1. The fraction of sp³-hybridized carbons (Fsp3) is 0.765. The number of nitrogens with one attached hydrogen (secondary N) is 1. The van der Waals surface area contributed by atoms with Crippen LogP contribution in [-0.4, -0.2) is 36.5 Å². The molecule has 1 rings (SSSR count). The van der Waals surface area contributed by atoms with E-state index < -0.39 is 0 Å². The van der Waals surface area contributed by atoms with Crippen molar-refractivity contribution in [1.82, 2.24) is 10.2 Å². The van der Waals surface area contributed by atoms with E-state index in [2.05, 4.69) is 57.3 Å². The molecule has 0 fully saturated rings. The van der Waals surface area contributed by atoms with Crippen LogP contribution in [0.5, 0.6) is 0 Å². The molecule has 1 aromatic heterocycles. The topological polar surface area (TPSA) is 15.3 Å². The van der Waals surface area contributed by atoms with Crippen molar-refractivity contribution in [2.24, 2.45) is 5.92 Å². The van der Waals surface area contributed by atoms with Crippen LogP contribution >= 0.6 is 23.1 Å². The molecule has 1 atom stereocenters. The van der Waals surface area contributed by atoms with Crippen LogP contribution in [0.3, 0.4) is 0 Å². The number of aryl methyl sites for hydroxylation is 1. The Bertz CT molecular complexity index is 401. The van der Waals surface area contributed by atoms with Gasteiger partial charge in [0.25, 0.3) is 0 Å². The molecule has 4 heteroatoms. The highest BCUT2D eigenvalue weighted by Gasteiger charge is 2.12. The molecule has 0 aliphatic heterocycles. The van der Waals surface area contributed by atoms with Gasteiger partial charge in [-0.05, 0) is 63.4 Å². The number of thioether (sulfide) groups is 1. The average molecular weight is 329 g/mol. The lowest BCUT2D eigenvalue weighted by atomic mass is 10.2. The number of nitrogens with zero attached hydrogens (tertiary/aromatic N) is 1. The third kappa shape index (κ3) is 7.18. The van der Waals surface area contributed by atoms with Crippen LogP contribution < -0.4 is 5.32 Å². The van der Waals surface area contributed by atoms with E-state index in [9.17, 15) is 0 Å². The summed E-state index contributed by atoms with van der Waals surface area (Å²) < 4.78 is 0. The molecule has 0 aliphatic carbocycles. The first-order valence-electron chi connectivity index (χ1n) is 7.92. The van der Waals surface area contributed by atoms with Gasteiger partial charge in [0.15, 0.2) is 0 Å². The monoisotopic (exact) mass is 328 g/mol. The largest absolute Gasteiger partial charge is 0.312 e. The van der Waals surface area contributed by atoms with E-state index in [1.807, 2.05) is 23.1 Å². The van der Waals surface area contributed by atoms with Crippen molar-refractivity contribution in [1.29, 1.82) is 0 Å². The molecule has 2 nitrogen and oxygen atoms in total. The molecule has 0 aromatic carbocycles. The van der Waals surface area contributed by atoms with E-state index in [1.54, 1.807) is 0 Å². The minimum absolute atomic E-state index is 0.652. The van der Waals surface area contributed by atoms with E-state index in [0.717, 1.165) is 19.6 Å². The Morgan fingerprint density at radius 1 is 1.33 bits per heavy atom. The van der Waals surface area contributed by atoms with Gasteiger partial charge in [0, 0.05) is 28.9 Å². The molecule has 0 aliphatic rings. The zero-order valence-electron chi connectivity index (χ0n) is 14.5. The van der Waals surface area contributed by atoms with Gasteiger partial charge < -0.3 is 5.32 Å². The first-order chi connectivity index (χ1) is 9.93. The molecule has 0 saturated carbocycles. The van der Waals surface area contributed by atoms with Gasteiger partial charge in [-0.15, -0.1) is 11.3 Å². The Morgan fingerprint density at radius 2 is 2.05 bits per heavy atom. The number of hydrogen-bond donors (Lipinski definition) is 1. The Morgan fingerprint density at radius 3 is 2.67 bits per heavy atom. The number of rotatable bonds is 10. The fourth-order valence-electron chi connectivity index (χ4n) is 2.25. The second kappa shape index (κ2) is 9.88. The predicted octanol–water partition coefficient (Wildman–Crippen LogP) is 4.38. The maximum atomic E-state index is 3.54. The highest BCUT2D eigenvalue weighted by molar-refractivity contribution is 7.98. The van der Waals surface area contributed by atoms with Crippen LogP contribution in [-0.2, 0) is 13.1 Å². The third-order valence-electron chi connectivity index (χ3n) is 3.84. The highest BCUT2D eigenvalue weighted by atomic mass is 32.2. The minimum atomic E-state index is 0.652. The second-order valence-corrected chi connectivity index (χ2v) is 8.69. The van der Waals surface area contributed by atoms with Crippen molar-refractivity contribution >= 4 is 23.1 Å². The van der Waals surface area contributed by atoms with E-state index in [4.69, 9.17) is 0 Å². The van der Waals surface area contributed by atoms with E-state index in [-0.39, 0.29) is 0 Å². The Balaban J connectivity index is 2.49. The SMILES string of the molecule is CSCCC(C)N(C)Cc1cc(CNCC(C)C)sc1C. The van der Waals surface area contributed by atoms with Crippen LogP contribution in [0.4, 0.5) is 0 Å². The zero-order chi connectivity index (χ0) is 15.8. The Hall–Kier alpha value is -0.0300. The van der Waals surface area contributed by atoms with Crippen LogP contribution in [0, 0.1) is 12.8 Å². The first kappa shape index (κ1) is 19.0. The summed E-state index contributed by atoms with van der Waals surface area (Å²) in [5.41, 5.74) is 1.50. The van der Waals surface area contributed by atoms with Crippen molar-refractivity contribution < 1.29 is 0 Å². The molecule has 1 aromatic rings. The van der Waals surface area contributed by atoms with Crippen molar-refractivity contribution in [3.05, 3.63) is 21.4 Å². The second-order valence-electron chi connectivity index (χ2n) is 6.36. The fourth-order valence-corrected chi connectivity index (χ4v) is 3.85. The quantitative estimate of drug-likeness (QED) is 0.686. The van der Waals surface area contributed by atoms with Crippen LogP contribution in [0.1, 0.15) is 42.5 Å². The maximum Gasteiger partial charge on any atom is 0.0300 e. The molecule has 1 N–H and O–H groups in total. The van der Waals surface area contributed by atoms with E-state index in [0.29, 0.717) is 12.0 Å². The maximum absolute atomic E-state index is 3.54.